The molecule has 1 N–H and O–H groups in total. The van der Waals surface area contributed by atoms with Crippen molar-refractivity contribution < 1.29 is 9.13 Å². The van der Waals surface area contributed by atoms with Gasteiger partial charge in [-0.15, -0.1) is 0 Å². The van der Waals surface area contributed by atoms with Gasteiger partial charge in [0.05, 0.1) is 11.1 Å². The summed E-state index contributed by atoms with van der Waals surface area (Å²) in [6.45, 7) is 3.23. The van der Waals surface area contributed by atoms with Gasteiger partial charge in [-0.05, 0) is 47.1 Å². The third kappa shape index (κ3) is 3.70. The molecule has 0 aliphatic heterocycles. The molecule has 0 bridgehead atoms. The number of nitrogens with one attached hydrogen (secondary N) is 1. The monoisotopic (exact) mass is 323 g/mol. The molecule has 19 heavy (non-hydrogen) atoms. The van der Waals surface area contributed by atoms with Crippen molar-refractivity contribution in [1.82, 2.24) is 0 Å². The zero-order valence-electron chi connectivity index (χ0n) is 10.6. The topological polar surface area (TPSA) is 21.3 Å². The molecule has 0 aliphatic carbocycles. The van der Waals surface area contributed by atoms with Crippen molar-refractivity contribution in [2.75, 3.05) is 11.9 Å². The molecule has 0 heterocycles. The summed E-state index contributed by atoms with van der Waals surface area (Å²) in [5.41, 5.74) is 1.93. The maximum absolute atomic E-state index is 13.1. The molecular weight excluding hydrogens is 309 g/mol. The molecule has 0 saturated heterocycles. The first-order valence-corrected chi connectivity index (χ1v) is 6.89. The van der Waals surface area contributed by atoms with Gasteiger partial charge in [0.25, 0.3) is 0 Å². The number of benzene rings is 2. The Morgan fingerprint density at radius 3 is 2.74 bits per heavy atom. The number of hydrogen-bond acceptors (Lipinski definition) is 2. The number of halogens is 2. The molecule has 2 rings (SSSR count). The van der Waals surface area contributed by atoms with Gasteiger partial charge in [-0.3, -0.25) is 0 Å². The summed E-state index contributed by atoms with van der Waals surface area (Å²) >= 11 is 3.17. The largest absolute Gasteiger partial charge is 0.494 e. The summed E-state index contributed by atoms with van der Waals surface area (Å²) < 4.78 is 19.1. The molecule has 0 amide bonds. The predicted octanol–water partition coefficient (Wildman–Crippen LogP) is 4.60. The SMILES string of the molecule is CCOc1ccccc1CNc1ccc(F)c(Br)c1. The second kappa shape index (κ2) is 6.57. The molecule has 2 nitrogen and oxygen atoms in total. The summed E-state index contributed by atoms with van der Waals surface area (Å²) in [5, 5.41) is 3.25. The lowest BCUT2D eigenvalue weighted by Gasteiger charge is -2.12. The summed E-state index contributed by atoms with van der Waals surface area (Å²) in [7, 11) is 0. The van der Waals surface area contributed by atoms with Crippen LogP contribution in [-0.2, 0) is 6.54 Å². The molecule has 4 heteroatoms. The molecule has 0 saturated carbocycles. The van der Waals surface area contributed by atoms with E-state index in [4.69, 9.17) is 4.74 Å². The number of anilines is 1. The van der Waals surface area contributed by atoms with Crippen LogP contribution in [-0.4, -0.2) is 6.61 Å². The van der Waals surface area contributed by atoms with Crippen molar-refractivity contribution in [3.8, 4) is 5.75 Å². The molecule has 0 aliphatic rings. The predicted molar refractivity (Wildman–Crippen MR) is 79.0 cm³/mol. The highest BCUT2D eigenvalue weighted by molar-refractivity contribution is 9.10. The first-order chi connectivity index (χ1) is 9.20. The Bertz CT molecular complexity index is 560. The standard InChI is InChI=1S/C15H15BrFNO/c1-2-19-15-6-4-3-5-11(15)10-18-12-7-8-14(17)13(16)9-12/h3-9,18H,2,10H2,1H3. The molecule has 100 valence electrons. The van der Waals surface area contributed by atoms with Crippen molar-refractivity contribution in [2.24, 2.45) is 0 Å². The van der Waals surface area contributed by atoms with E-state index in [1.807, 2.05) is 31.2 Å². The zero-order valence-corrected chi connectivity index (χ0v) is 12.2. The Hall–Kier alpha value is -1.55. The zero-order chi connectivity index (χ0) is 13.7. The van der Waals surface area contributed by atoms with E-state index in [-0.39, 0.29) is 5.82 Å². The third-order valence-electron chi connectivity index (χ3n) is 2.68. The maximum atomic E-state index is 13.1. The van der Waals surface area contributed by atoms with Crippen molar-refractivity contribution in [3.05, 3.63) is 58.3 Å². The fourth-order valence-corrected chi connectivity index (χ4v) is 2.13. The van der Waals surface area contributed by atoms with Crippen LogP contribution in [0.4, 0.5) is 10.1 Å². The van der Waals surface area contributed by atoms with E-state index >= 15 is 0 Å². The number of ether oxygens (including phenoxy) is 1. The molecule has 0 fully saturated rings. The highest BCUT2D eigenvalue weighted by atomic mass is 79.9. The molecule has 0 unspecified atom stereocenters. The van der Waals surface area contributed by atoms with E-state index in [1.54, 1.807) is 12.1 Å². The van der Waals surface area contributed by atoms with Crippen LogP contribution in [0.15, 0.2) is 46.9 Å². The van der Waals surface area contributed by atoms with Crippen LogP contribution in [0.1, 0.15) is 12.5 Å². The lowest BCUT2D eigenvalue weighted by atomic mass is 10.2. The van der Waals surface area contributed by atoms with E-state index in [9.17, 15) is 4.39 Å². The van der Waals surface area contributed by atoms with Crippen LogP contribution >= 0.6 is 15.9 Å². The van der Waals surface area contributed by atoms with Gasteiger partial charge >= 0.3 is 0 Å². The van der Waals surface area contributed by atoms with Gasteiger partial charge in [-0.25, -0.2) is 4.39 Å². The molecule has 2 aromatic carbocycles. The minimum atomic E-state index is -0.264. The highest BCUT2D eigenvalue weighted by Gasteiger charge is 2.03. The minimum absolute atomic E-state index is 0.264. The van der Waals surface area contributed by atoms with Crippen LogP contribution in [0.2, 0.25) is 0 Å². The van der Waals surface area contributed by atoms with Crippen LogP contribution in [0.3, 0.4) is 0 Å². The smallest absolute Gasteiger partial charge is 0.137 e. The van der Waals surface area contributed by atoms with Gasteiger partial charge in [-0.2, -0.15) is 0 Å². The third-order valence-corrected chi connectivity index (χ3v) is 3.28. The normalized spacial score (nSPS) is 10.3. The van der Waals surface area contributed by atoms with Gasteiger partial charge < -0.3 is 10.1 Å². The Balaban J connectivity index is 2.07. The minimum Gasteiger partial charge on any atom is -0.494 e. The molecule has 0 atom stereocenters. The van der Waals surface area contributed by atoms with Gasteiger partial charge in [0, 0.05) is 17.8 Å². The fourth-order valence-electron chi connectivity index (χ4n) is 1.75. The van der Waals surface area contributed by atoms with E-state index in [0.717, 1.165) is 17.0 Å². The summed E-state index contributed by atoms with van der Waals surface area (Å²) in [6, 6.07) is 12.7. The summed E-state index contributed by atoms with van der Waals surface area (Å²) in [4.78, 5) is 0. The second-order valence-corrected chi connectivity index (χ2v) is 4.88. The number of para-hydroxylation sites is 1. The molecular formula is C15H15BrFNO. The summed E-state index contributed by atoms with van der Waals surface area (Å²) in [5.74, 6) is 0.610. The maximum Gasteiger partial charge on any atom is 0.137 e. The van der Waals surface area contributed by atoms with Crippen molar-refractivity contribution >= 4 is 21.6 Å². The number of hydrogen-bond donors (Lipinski definition) is 1. The Morgan fingerprint density at radius 1 is 1.21 bits per heavy atom. The highest BCUT2D eigenvalue weighted by Crippen LogP contribution is 2.22. The van der Waals surface area contributed by atoms with Gasteiger partial charge in [-0.1, -0.05) is 18.2 Å². The first-order valence-electron chi connectivity index (χ1n) is 6.10. The van der Waals surface area contributed by atoms with Crippen LogP contribution in [0.25, 0.3) is 0 Å². The van der Waals surface area contributed by atoms with Crippen LogP contribution < -0.4 is 10.1 Å². The average Bonchev–Trinajstić information content (AvgIpc) is 2.42. The van der Waals surface area contributed by atoms with Crippen LogP contribution in [0.5, 0.6) is 5.75 Å². The molecule has 2 aromatic rings. The van der Waals surface area contributed by atoms with E-state index in [2.05, 4.69) is 21.2 Å². The lowest BCUT2D eigenvalue weighted by Crippen LogP contribution is -2.03. The number of rotatable bonds is 5. The first kappa shape index (κ1) is 13.9. The van der Waals surface area contributed by atoms with E-state index in [1.165, 1.54) is 6.07 Å². The Labute approximate surface area is 120 Å². The average molecular weight is 324 g/mol. The molecule has 0 radical (unpaired) electrons. The second-order valence-electron chi connectivity index (χ2n) is 4.02. The van der Waals surface area contributed by atoms with Gasteiger partial charge in [0.2, 0.25) is 0 Å². The lowest BCUT2D eigenvalue weighted by molar-refractivity contribution is 0.337. The Kier molecular flexibility index (Phi) is 4.80. The Morgan fingerprint density at radius 2 is 2.00 bits per heavy atom. The van der Waals surface area contributed by atoms with Crippen molar-refractivity contribution in [3.63, 3.8) is 0 Å². The van der Waals surface area contributed by atoms with E-state index < -0.39 is 0 Å². The van der Waals surface area contributed by atoms with Gasteiger partial charge in [0.15, 0.2) is 0 Å². The van der Waals surface area contributed by atoms with Gasteiger partial charge in [0.1, 0.15) is 11.6 Å². The summed E-state index contributed by atoms with van der Waals surface area (Å²) in [6.07, 6.45) is 0. The quantitative estimate of drug-likeness (QED) is 0.868. The van der Waals surface area contributed by atoms with E-state index in [0.29, 0.717) is 17.6 Å². The van der Waals surface area contributed by atoms with Crippen molar-refractivity contribution in [2.45, 2.75) is 13.5 Å². The fraction of sp³-hybridized carbons (Fsp3) is 0.200. The molecule has 0 spiro atoms. The van der Waals surface area contributed by atoms with Crippen molar-refractivity contribution in [1.29, 1.82) is 0 Å². The van der Waals surface area contributed by atoms with Crippen LogP contribution in [0, 0.1) is 5.82 Å². The molecule has 0 aromatic heterocycles.